The average Bonchev–Trinajstić information content (AvgIpc) is 3.19. The fraction of sp³-hybridized carbons (Fsp3) is 0.367. The highest BCUT2D eigenvalue weighted by atomic mass is 35.5. The summed E-state index contributed by atoms with van der Waals surface area (Å²) in [5, 5.41) is 10.1. The van der Waals surface area contributed by atoms with E-state index in [1.54, 1.807) is 34.1 Å². The van der Waals surface area contributed by atoms with Crippen molar-refractivity contribution in [3.63, 3.8) is 0 Å². The Hall–Kier alpha value is -3.46. The number of halogens is 1. The molecule has 4 heterocycles. The Morgan fingerprint density at radius 3 is 2.21 bits per heavy atom. The van der Waals surface area contributed by atoms with E-state index in [4.69, 9.17) is 16.3 Å². The van der Waals surface area contributed by atoms with E-state index in [0.29, 0.717) is 23.7 Å². The lowest BCUT2D eigenvalue weighted by molar-refractivity contribution is -0.144. The highest BCUT2D eigenvalue weighted by molar-refractivity contribution is 6.30. The van der Waals surface area contributed by atoms with Crippen molar-refractivity contribution in [2.24, 2.45) is 11.8 Å². The normalized spacial score (nSPS) is 31.7. The molecule has 0 aliphatic carbocycles. The molecule has 2 aromatic carbocycles. The van der Waals surface area contributed by atoms with E-state index in [9.17, 15) is 19.5 Å². The molecule has 0 saturated carbocycles. The van der Waals surface area contributed by atoms with Crippen LogP contribution in [0.25, 0.3) is 0 Å². The first-order chi connectivity index (χ1) is 18.8. The van der Waals surface area contributed by atoms with E-state index in [1.807, 2.05) is 61.6 Å². The molecule has 2 saturated heterocycles. The number of benzene rings is 2. The molecule has 1 N–H and O–H groups in total. The molecule has 4 aliphatic heterocycles. The predicted molar refractivity (Wildman–Crippen MR) is 147 cm³/mol. The zero-order valence-electron chi connectivity index (χ0n) is 21.6. The van der Waals surface area contributed by atoms with Gasteiger partial charge in [0.15, 0.2) is 0 Å². The third-order valence-corrected chi connectivity index (χ3v) is 8.57. The van der Waals surface area contributed by atoms with Crippen molar-refractivity contribution < 1.29 is 24.2 Å². The van der Waals surface area contributed by atoms with Crippen LogP contribution in [0.3, 0.4) is 0 Å². The predicted octanol–water partition coefficient (Wildman–Crippen LogP) is 3.20. The van der Waals surface area contributed by atoms with Gasteiger partial charge in [-0.05, 0) is 49.7 Å². The Kier molecular flexibility index (Phi) is 6.37. The zero-order chi connectivity index (χ0) is 27.4. The van der Waals surface area contributed by atoms with Crippen molar-refractivity contribution in [3.8, 4) is 0 Å². The summed E-state index contributed by atoms with van der Waals surface area (Å²) in [6.45, 7) is 2.49. The summed E-state index contributed by atoms with van der Waals surface area (Å²) < 4.78 is 6.82. The molecule has 39 heavy (non-hydrogen) atoms. The summed E-state index contributed by atoms with van der Waals surface area (Å²) in [7, 11) is 0. The van der Waals surface area contributed by atoms with Gasteiger partial charge in [-0.2, -0.15) is 0 Å². The van der Waals surface area contributed by atoms with E-state index in [2.05, 4.69) is 0 Å². The van der Waals surface area contributed by atoms with Crippen LogP contribution in [0, 0.1) is 11.8 Å². The van der Waals surface area contributed by atoms with Crippen molar-refractivity contribution in [2.75, 3.05) is 36.0 Å². The Bertz CT molecular complexity index is 1360. The highest BCUT2D eigenvalue weighted by Crippen LogP contribution is 2.57. The van der Waals surface area contributed by atoms with Gasteiger partial charge in [0.25, 0.3) is 5.91 Å². The molecule has 1 unspecified atom stereocenters. The fourth-order valence-corrected chi connectivity index (χ4v) is 6.82. The van der Waals surface area contributed by atoms with E-state index in [-0.39, 0.29) is 37.4 Å². The Balaban J connectivity index is 1.46. The van der Waals surface area contributed by atoms with Gasteiger partial charge in [-0.25, -0.2) is 0 Å². The first kappa shape index (κ1) is 25.8. The minimum atomic E-state index is -1.34. The number of para-hydroxylation sites is 1. The second kappa shape index (κ2) is 9.62. The number of hydrogen-bond acceptors (Lipinski definition) is 5. The van der Waals surface area contributed by atoms with Crippen molar-refractivity contribution >= 4 is 40.7 Å². The number of likely N-dealkylation sites (tertiary alicyclic amines) is 1. The van der Waals surface area contributed by atoms with Gasteiger partial charge >= 0.3 is 0 Å². The van der Waals surface area contributed by atoms with Crippen molar-refractivity contribution in [2.45, 2.75) is 30.6 Å². The minimum Gasteiger partial charge on any atom is -0.396 e. The van der Waals surface area contributed by atoms with Crippen LogP contribution >= 0.6 is 11.6 Å². The number of carbonyl (C=O) groups excluding carboxylic acids is 3. The second-order valence-electron chi connectivity index (χ2n) is 10.6. The Morgan fingerprint density at radius 1 is 0.872 bits per heavy atom. The lowest BCUT2D eigenvalue weighted by atomic mass is 9.74. The maximum absolute atomic E-state index is 14.3. The van der Waals surface area contributed by atoms with Crippen LogP contribution in [0.4, 0.5) is 11.4 Å². The first-order valence-electron chi connectivity index (χ1n) is 13.2. The van der Waals surface area contributed by atoms with Crippen LogP contribution in [0.15, 0.2) is 78.9 Å². The van der Waals surface area contributed by atoms with Gasteiger partial charge in [-0.3, -0.25) is 14.4 Å². The molecule has 8 nitrogen and oxygen atoms in total. The molecule has 0 aromatic heterocycles. The third kappa shape index (κ3) is 3.92. The van der Waals surface area contributed by atoms with E-state index in [0.717, 1.165) is 5.69 Å². The number of nitrogens with zero attached hydrogens (tertiary/aromatic N) is 3. The van der Waals surface area contributed by atoms with Gasteiger partial charge < -0.3 is 24.5 Å². The van der Waals surface area contributed by atoms with Crippen LogP contribution < -0.4 is 9.80 Å². The van der Waals surface area contributed by atoms with Gasteiger partial charge in [-0.1, -0.05) is 54.1 Å². The molecule has 2 aromatic rings. The summed E-state index contributed by atoms with van der Waals surface area (Å²) >= 11 is 6.09. The topological polar surface area (TPSA) is 90.4 Å². The smallest absolute Gasteiger partial charge is 0.253 e. The number of ether oxygens (including phenoxy) is 1. The van der Waals surface area contributed by atoms with Crippen LogP contribution in [-0.2, 0) is 19.1 Å². The van der Waals surface area contributed by atoms with Crippen molar-refractivity contribution in [1.82, 2.24) is 4.90 Å². The lowest BCUT2D eigenvalue weighted by Gasteiger charge is -2.37. The lowest BCUT2D eigenvalue weighted by Crippen LogP contribution is -2.56. The van der Waals surface area contributed by atoms with Gasteiger partial charge in [0.1, 0.15) is 11.6 Å². The second-order valence-corrected chi connectivity index (χ2v) is 11.1. The third-order valence-electron chi connectivity index (χ3n) is 8.32. The molecular weight excluding hydrogens is 518 g/mol. The van der Waals surface area contributed by atoms with Gasteiger partial charge in [0.05, 0.1) is 17.4 Å². The molecule has 4 aliphatic rings. The number of anilines is 2. The number of fused-ring (bicyclic) bond motifs is 2. The standard InChI is InChI=1S/C30H30ClN3O5/c1-29-14-5-16-32(21-8-3-2-4-9-21)26(36)23(29)24-27(37)34(18-7-19-35)25-28(38)33(17-6-15-30(24,25)39-29)22-12-10-20(31)11-13-22/h2-6,8-15,23-25,35H,7,16-19H2,1H3/t23-,24-,25?,29+,30-/m0/s1. The summed E-state index contributed by atoms with van der Waals surface area (Å²) in [5.74, 6) is -2.57. The molecule has 6 rings (SSSR count). The van der Waals surface area contributed by atoms with Gasteiger partial charge in [-0.15, -0.1) is 0 Å². The largest absolute Gasteiger partial charge is 0.396 e. The SMILES string of the molecule is C[C@@]12C=CCN(c3ccccc3)C(=O)[C@@H]1[C@H]1C(=O)N(CCCO)C3C(=O)N(c4ccc(Cl)cc4)CC=C[C@@]31O2. The summed E-state index contributed by atoms with van der Waals surface area (Å²) in [5.41, 5.74) is -1.06. The fourth-order valence-electron chi connectivity index (χ4n) is 6.70. The number of rotatable bonds is 5. The number of aliphatic hydroxyl groups excluding tert-OH is 1. The molecular formula is C30H30ClN3O5. The van der Waals surface area contributed by atoms with Crippen molar-refractivity contribution in [3.05, 3.63) is 83.9 Å². The molecule has 0 bridgehead atoms. The van der Waals surface area contributed by atoms with Gasteiger partial charge in [0, 0.05) is 42.6 Å². The minimum absolute atomic E-state index is 0.134. The molecule has 1 spiro atoms. The molecule has 3 amide bonds. The van der Waals surface area contributed by atoms with Crippen LogP contribution in [-0.4, -0.2) is 71.2 Å². The monoisotopic (exact) mass is 547 g/mol. The van der Waals surface area contributed by atoms with E-state index >= 15 is 0 Å². The summed E-state index contributed by atoms with van der Waals surface area (Å²) in [6.07, 6.45) is 7.73. The maximum atomic E-state index is 14.3. The van der Waals surface area contributed by atoms with Crippen molar-refractivity contribution in [1.29, 1.82) is 0 Å². The molecule has 5 atom stereocenters. The molecule has 0 radical (unpaired) electrons. The Labute approximate surface area is 232 Å². The van der Waals surface area contributed by atoms with E-state index in [1.165, 1.54) is 4.90 Å². The first-order valence-corrected chi connectivity index (χ1v) is 13.6. The number of amides is 3. The molecule has 202 valence electrons. The molecule has 2 fully saturated rings. The van der Waals surface area contributed by atoms with Crippen LogP contribution in [0.2, 0.25) is 5.02 Å². The number of aliphatic hydroxyl groups is 1. The quantitative estimate of drug-likeness (QED) is 0.581. The average molecular weight is 548 g/mol. The summed E-state index contributed by atoms with van der Waals surface area (Å²) in [4.78, 5) is 47.6. The summed E-state index contributed by atoms with van der Waals surface area (Å²) in [6, 6.07) is 15.3. The Morgan fingerprint density at radius 2 is 1.51 bits per heavy atom. The highest BCUT2D eigenvalue weighted by Gasteiger charge is 2.74. The maximum Gasteiger partial charge on any atom is 0.253 e. The number of carbonyl (C=O) groups is 3. The van der Waals surface area contributed by atoms with Crippen LogP contribution in [0.5, 0.6) is 0 Å². The van der Waals surface area contributed by atoms with E-state index < -0.39 is 29.1 Å². The van der Waals surface area contributed by atoms with Gasteiger partial charge in [0.2, 0.25) is 11.8 Å². The van der Waals surface area contributed by atoms with Crippen LogP contribution in [0.1, 0.15) is 13.3 Å². The zero-order valence-corrected chi connectivity index (χ0v) is 22.3. The number of hydrogen-bond donors (Lipinski definition) is 1. The molecule has 9 heteroatoms.